The Balaban J connectivity index is 2.09. The monoisotopic (exact) mass is 213 g/mol. The average Bonchev–Trinajstić information content (AvgIpc) is 2.31. The van der Waals surface area contributed by atoms with Gasteiger partial charge >= 0.3 is 0 Å². The van der Waals surface area contributed by atoms with Gasteiger partial charge in [-0.15, -0.1) is 0 Å². The summed E-state index contributed by atoms with van der Waals surface area (Å²) in [7, 11) is 0. The molecule has 0 spiro atoms. The lowest BCUT2D eigenvalue weighted by Gasteiger charge is -1.98. The van der Waals surface area contributed by atoms with Crippen LogP contribution in [0.3, 0.4) is 0 Å². The SMILES string of the molecule is F/C(=C\c1ccccn1)Cc1ccccc1. The summed E-state index contributed by atoms with van der Waals surface area (Å²) in [4.78, 5) is 4.04. The fourth-order valence-electron chi connectivity index (χ4n) is 1.46. The van der Waals surface area contributed by atoms with Crippen LogP contribution in [-0.2, 0) is 6.42 Å². The Morgan fingerprint density at radius 3 is 2.50 bits per heavy atom. The fourth-order valence-corrected chi connectivity index (χ4v) is 1.46. The van der Waals surface area contributed by atoms with Gasteiger partial charge in [0.15, 0.2) is 0 Å². The Labute approximate surface area is 94.3 Å². The van der Waals surface area contributed by atoms with Gasteiger partial charge in [0.05, 0.1) is 5.69 Å². The van der Waals surface area contributed by atoms with Gasteiger partial charge in [-0.3, -0.25) is 4.98 Å². The molecule has 2 aromatic rings. The highest BCUT2D eigenvalue weighted by Gasteiger charge is 1.98. The number of nitrogens with zero attached hydrogens (tertiary/aromatic N) is 1. The van der Waals surface area contributed by atoms with E-state index in [0.29, 0.717) is 12.1 Å². The van der Waals surface area contributed by atoms with Crippen molar-refractivity contribution >= 4 is 6.08 Å². The predicted octanol–water partition coefficient (Wildman–Crippen LogP) is 3.63. The van der Waals surface area contributed by atoms with Gasteiger partial charge in [0.25, 0.3) is 0 Å². The molecule has 16 heavy (non-hydrogen) atoms. The van der Waals surface area contributed by atoms with E-state index in [0.717, 1.165) is 5.56 Å². The second-order valence-corrected chi connectivity index (χ2v) is 3.51. The van der Waals surface area contributed by atoms with Crippen molar-refractivity contribution in [1.82, 2.24) is 4.98 Å². The number of rotatable bonds is 3. The Hall–Kier alpha value is -1.96. The van der Waals surface area contributed by atoms with E-state index in [2.05, 4.69) is 4.98 Å². The molecule has 1 nitrogen and oxygen atoms in total. The lowest BCUT2D eigenvalue weighted by Crippen LogP contribution is -1.86. The molecule has 0 bridgehead atoms. The highest BCUT2D eigenvalue weighted by molar-refractivity contribution is 5.47. The van der Waals surface area contributed by atoms with E-state index >= 15 is 0 Å². The molecular weight excluding hydrogens is 201 g/mol. The molecule has 2 heteroatoms. The van der Waals surface area contributed by atoms with Crippen molar-refractivity contribution < 1.29 is 4.39 Å². The summed E-state index contributed by atoms with van der Waals surface area (Å²) in [6, 6.07) is 15.0. The van der Waals surface area contributed by atoms with Crippen LogP contribution in [0.4, 0.5) is 4.39 Å². The number of benzene rings is 1. The molecule has 80 valence electrons. The van der Waals surface area contributed by atoms with Crippen molar-refractivity contribution in [2.24, 2.45) is 0 Å². The molecule has 0 atom stereocenters. The van der Waals surface area contributed by atoms with Crippen LogP contribution in [0.25, 0.3) is 6.08 Å². The third-order valence-electron chi connectivity index (χ3n) is 2.21. The molecule has 0 unspecified atom stereocenters. The van der Waals surface area contributed by atoms with Crippen LogP contribution in [0.5, 0.6) is 0 Å². The molecule has 0 aliphatic rings. The Bertz CT molecular complexity index is 463. The summed E-state index contributed by atoms with van der Waals surface area (Å²) in [5.74, 6) is -0.176. The molecule has 1 aromatic carbocycles. The van der Waals surface area contributed by atoms with Gasteiger partial charge in [0.2, 0.25) is 0 Å². The first-order valence-corrected chi connectivity index (χ1v) is 5.15. The zero-order valence-electron chi connectivity index (χ0n) is 8.81. The summed E-state index contributed by atoms with van der Waals surface area (Å²) >= 11 is 0. The maximum Gasteiger partial charge on any atom is 0.106 e. The van der Waals surface area contributed by atoms with E-state index < -0.39 is 0 Å². The third kappa shape index (κ3) is 3.02. The number of aromatic nitrogens is 1. The fraction of sp³-hybridized carbons (Fsp3) is 0.0714. The maximum atomic E-state index is 13.6. The van der Waals surface area contributed by atoms with Crippen molar-refractivity contribution in [1.29, 1.82) is 0 Å². The first-order chi connectivity index (χ1) is 7.84. The standard InChI is InChI=1S/C14H12FN/c15-13(10-12-6-2-1-3-7-12)11-14-8-4-5-9-16-14/h1-9,11H,10H2/b13-11-. The van der Waals surface area contributed by atoms with Gasteiger partial charge in [-0.25, -0.2) is 4.39 Å². The van der Waals surface area contributed by atoms with Gasteiger partial charge in [-0.2, -0.15) is 0 Å². The molecule has 0 radical (unpaired) electrons. The molecule has 0 saturated carbocycles. The summed E-state index contributed by atoms with van der Waals surface area (Å²) in [6.07, 6.45) is 3.44. The van der Waals surface area contributed by atoms with Gasteiger partial charge in [0, 0.05) is 12.6 Å². The van der Waals surface area contributed by atoms with Crippen molar-refractivity contribution in [2.45, 2.75) is 6.42 Å². The van der Waals surface area contributed by atoms with E-state index in [1.807, 2.05) is 42.5 Å². The van der Waals surface area contributed by atoms with Gasteiger partial charge in [-0.05, 0) is 23.8 Å². The number of pyridine rings is 1. The summed E-state index contributed by atoms with van der Waals surface area (Å²) in [5.41, 5.74) is 1.61. The number of hydrogen-bond donors (Lipinski definition) is 0. The highest BCUT2D eigenvalue weighted by Crippen LogP contribution is 2.11. The van der Waals surface area contributed by atoms with Crippen LogP contribution in [0.2, 0.25) is 0 Å². The topological polar surface area (TPSA) is 12.9 Å². The first kappa shape index (κ1) is 10.6. The lowest BCUT2D eigenvalue weighted by molar-refractivity contribution is 0.620. The van der Waals surface area contributed by atoms with E-state index in [4.69, 9.17) is 0 Å². The van der Waals surface area contributed by atoms with Crippen LogP contribution >= 0.6 is 0 Å². The molecule has 0 amide bonds. The highest BCUT2D eigenvalue weighted by atomic mass is 19.1. The minimum Gasteiger partial charge on any atom is -0.257 e. The van der Waals surface area contributed by atoms with Gasteiger partial charge in [0.1, 0.15) is 5.83 Å². The molecule has 2 rings (SSSR count). The molecule has 0 saturated heterocycles. The van der Waals surface area contributed by atoms with E-state index in [-0.39, 0.29) is 5.83 Å². The van der Waals surface area contributed by atoms with Gasteiger partial charge < -0.3 is 0 Å². The second-order valence-electron chi connectivity index (χ2n) is 3.51. The minimum absolute atomic E-state index is 0.176. The Kier molecular flexibility index (Phi) is 3.44. The van der Waals surface area contributed by atoms with E-state index in [1.165, 1.54) is 6.08 Å². The predicted molar refractivity (Wildman–Crippen MR) is 63.5 cm³/mol. The molecular formula is C14H12FN. The molecule has 0 aliphatic carbocycles. The molecule has 0 aliphatic heterocycles. The van der Waals surface area contributed by atoms with Crippen molar-refractivity contribution in [3.63, 3.8) is 0 Å². The molecule has 1 aromatic heterocycles. The number of allylic oxidation sites excluding steroid dienone is 1. The normalized spacial score (nSPS) is 11.4. The summed E-state index contributed by atoms with van der Waals surface area (Å²) in [5, 5.41) is 0. The van der Waals surface area contributed by atoms with Crippen LogP contribution in [0, 0.1) is 0 Å². The number of halogens is 1. The minimum atomic E-state index is -0.176. The average molecular weight is 213 g/mol. The largest absolute Gasteiger partial charge is 0.257 e. The lowest BCUT2D eigenvalue weighted by atomic mass is 10.1. The quantitative estimate of drug-likeness (QED) is 0.758. The van der Waals surface area contributed by atoms with E-state index in [1.54, 1.807) is 12.3 Å². The second kappa shape index (κ2) is 5.21. The Morgan fingerprint density at radius 1 is 1.06 bits per heavy atom. The molecule has 0 N–H and O–H groups in total. The smallest absolute Gasteiger partial charge is 0.106 e. The van der Waals surface area contributed by atoms with Crippen LogP contribution in [-0.4, -0.2) is 4.98 Å². The number of hydrogen-bond acceptors (Lipinski definition) is 1. The van der Waals surface area contributed by atoms with E-state index in [9.17, 15) is 4.39 Å². The van der Waals surface area contributed by atoms with Crippen LogP contribution in [0.1, 0.15) is 11.3 Å². The third-order valence-corrected chi connectivity index (χ3v) is 2.21. The maximum absolute atomic E-state index is 13.6. The van der Waals surface area contributed by atoms with Crippen LogP contribution in [0.15, 0.2) is 60.6 Å². The first-order valence-electron chi connectivity index (χ1n) is 5.15. The van der Waals surface area contributed by atoms with Crippen molar-refractivity contribution in [3.8, 4) is 0 Å². The van der Waals surface area contributed by atoms with Crippen LogP contribution < -0.4 is 0 Å². The van der Waals surface area contributed by atoms with Gasteiger partial charge in [-0.1, -0.05) is 36.4 Å². The molecule has 1 heterocycles. The zero-order chi connectivity index (χ0) is 11.2. The van der Waals surface area contributed by atoms with Crippen molar-refractivity contribution in [3.05, 3.63) is 71.8 Å². The Morgan fingerprint density at radius 2 is 1.81 bits per heavy atom. The van der Waals surface area contributed by atoms with Crippen molar-refractivity contribution in [2.75, 3.05) is 0 Å². The summed E-state index contributed by atoms with van der Waals surface area (Å²) < 4.78 is 13.6. The molecule has 0 fully saturated rings. The summed E-state index contributed by atoms with van der Waals surface area (Å²) in [6.45, 7) is 0. The zero-order valence-corrected chi connectivity index (χ0v) is 8.81.